The molecule has 0 saturated heterocycles. The summed E-state index contributed by atoms with van der Waals surface area (Å²) in [6.07, 6.45) is 0.891. The van der Waals surface area contributed by atoms with E-state index in [2.05, 4.69) is 6.58 Å². The Labute approximate surface area is 138 Å². The van der Waals surface area contributed by atoms with E-state index in [4.69, 9.17) is 0 Å². The summed E-state index contributed by atoms with van der Waals surface area (Å²) >= 11 is 0. The maximum Gasteiger partial charge on any atom is 4.00 e. The van der Waals surface area contributed by atoms with E-state index < -0.39 is 24.3 Å². The fourth-order valence-electron chi connectivity index (χ4n) is 0.220. The van der Waals surface area contributed by atoms with Crippen LogP contribution in [0.1, 0.15) is 54.4 Å². The Bertz CT molecular complexity index is 160. The summed E-state index contributed by atoms with van der Waals surface area (Å²) in [7, 11) is 0. The Morgan fingerprint density at radius 3 is 1.20 bits per heavy atom. The second kappa shape index (κ2) is 27.2. The van der Waals surface area contributed by atoms with E-state index in [0.717, 1.165) is 0 Å². The van der Waals surface area contributed by atoms with E-state index in [1.165, 1.54) is 0 Å². The smallest absolute Gasteiger partial charge is 0.852 e. The van der Waals surface area contributed by atoms with E-state index in [1.54, 1.807) is 47.6 Å². The molecule has 5 nitrogen and oxygen atoms in total. The largest absolute Gasteiger partial charge is 4.00 e. The molecular weight excluding hydrogens is 296 g/mol. The van der Waals surface area contributed by atoms with Crippen LogP contribution in [0.2, 0.25) is 0 Å². The second-order valence-corrected chi connectivity index (χ2v) is 4.35. The fourth-order valence-corrected chi connectivity index (χ4v) is 0.220. The number of rotatable bonds is 3. The molecule has 0 aliphatic heterocycles. The Morgan fingerprint density at radius 2 is 1.15 bits per heavy atom. The standard InChI is InChI=1S/C5H8O2.3C3H7O.Ti/c1-2-3-4-5(6)7;3*1-3(2)4;/h2H,1,3-4H2,(H,6,7);3*3H,1-2H3;/q;3*-1;+4/p-1. The maximum atomic E-state index is 9.60. The van der Waals surface area contributed by atoms with Gasteiger partial charge in [0.15, 0.2) is 0 Å². The van der Waals surface area contributed by atoms with Gasteiger partial charge in [-0.3, -0.25) is 0 Å². The molecule has 118 valence electrons. The number of carboxylic acid groups (broad SMARTS) is 1. The zero-order valence-electron chi connectivity index (χ0n) is 13.5. The van der Waals surface area contributed by atoms with Crippen molar-refractivity contribution < 1.29 is 46.9 Å². The molecule has 0 aliphatic rings. The van der Waals surface area contributed by atoms with Gasteiger partial charge in [-0.05, 0) is 12.8 Å². The van der Waals surface area contributed by atoms with E-state index in [9.17, 15) is 25.2 Å². The first-order valence-electron chi connectivity index (χ1n) is 6.25. The van der Waals surface area contributed by atoms with Crippen molar-refractivity contribution in [2.75, 3.05) is 0 Å². The molecule has 0 amide bonds. The number of allylic oxidation sites excluding steroid dienone is 1. The van der Waals surface area contributed by atoms with Crippen LogP contribution < -0.4 is 20.4 Å². The van der Waals surface area contributed by atoms with Crippen LogP contribution in [0.4, 0.5) is 0 Å². The van der Waals surface area contributed by atoms with Gasteiger partial charge in [0, 0.05) is 5.97 Å². The summed E-state index contributed by atoms with van der Waals surface area (Å²) in [5.74, 6) is -1.01. The van der Waals surface area contributed by atoms with Crippen molar-refractivity contribution in [1.29, 1.82) is 0 Å². The van der Waals surface area contributed by atoms with Crippen molar-refractivity contribution in [2.24, 2.45) is 0 Å². The SMILES string of the molecule is C=CCCC(=O)[O-].CC(C)[O-].CC(C)[O-].CC(C)[O-].[Ti+4]. The van der Waals surface area contributed by atoms with Gasteiger partial charge in [-0.2, -0.15) is 0 Å². The number of carbonyl (C=O) groups is 1. The van der Waals surface area contributed by atoms with Crippen molar-refractivity contribution in [3.63, 3.8) is 0 Å². The molecule has 0 rings (SSSR count). The predicted octanol–water partition coefficient (Wildman–Crippen LogP) is -1.03. The van der Waals surface area contributed by atoms with E-state index in [-0.39, 0.29) is 28.1 Å². The first kappa shape index (κ1) is 32.0. The molecule has 0 radical (unpaired) electrons. The zero-order valence-corrected chi connectivity index (χ0v) is 15.0. The van der Waals surface area contributed by atoms with Gasteiger partial charge in [-0.1, -0.05) is 47.6 Å². The average Bonchev–Trinajstić information content (AvgIpc) is 2.11. The topological polar surface area (TPSA) is 109 Å². The van der Waals surface area contributed by atoms with Crippen molar-refractivity contribution in [3.8, 4) is 0 Å². The fraction of sp³-hybridized carbons (Fsp3) is 0.786. The summed E-state index contributed by atoms with van der Waals surface area (Å²) < 4.78 is 0. The third-order valence-electron chi connectivity index (χ3n) is 0.553. The van der Waals surface area contributed by atoms with Gasteiger partial charge in [0.2, 0.25) is 0 Å². The molecule has 0 spiro atoms. The Morgan fingerprint density at radius 1 is 0.950 bits per heavy atom. The normalized spacial score (nSPS) is 8.20. The Balaban J connectivity index is -0.0000000512. The summed E-state index contributed by atoms with van der Waals surface area (Å²) in [6, 6.07) is 0. The van der Waals surface area contributed by atoms with Crippen LogP contribution in [-0.2, 0) is 26.5 Å². The second-order valence-electron chi connectivity index (χ2n) is 4.35. The minimum Gasteiger partial charge on any atom is -0.852 e. The minimum atomic E-state index is -1.01. The van der Waals surface area contributed by atoms with Crippen LogP contribution in [0.25, 0.3) is 0 Å². The quantitative estimate of drug-likeness (QED) is 0.487. The molecule has 0 heterocycles. The van der Waals surface area contributed by atoms with Gasteiger partial charge in [0.25, 0.3) is 0 Å². The van der Waals surface area contributed by atoms with Crippen LogP contribution >= 0.6 is 0 Å². The van der Waals surface area contributed by atoms with Crippen molar-refractivity contribution in [1.82, 2.24) is 0 Å². The summed E-state index contributed by atoms with van der Waals surface area (Å²) in [5, 5.41) is 38.2. The van der Waals surface area contributed by atoms with Gasteiger partial charge in [0.05, 0.1) is 0 Å². The third-order valence-corrected chi connectivity index (χ3v) is 0.553. The molecular formula is C14H28O5Ti. The number of aliphatic carboxylic acids is 1. The number of carboxylic acids is 1. The van der Waals surface area contributed by atoms with Crippen LogP contribution in [0.15, 0.2) is 12.7 Å². The number of carbonyl (C=O) groups excluding carboxylic acids is 1. The number of hydrogen-bond acceptors (Lipinski definition) is 5. The van der Waals surface area contributed by atoms with Crippen molar-refractivity contribution >= 4 is 5.97 Å². The predicted molar refractivity (Wildman–Crippen MR) is 69.8 cm³/mol. The van der Waals surface area contributed by atoms with E-state index >= 15 is 0 Å². The molecule has 0 N–H and O–H groups in total. The maximum absolute atomic E-state index is 9.60. The van der Waals surface area contributed by atoms with Gasteiger partial charge >= 0.3 is 21.7 Å². The molecule has 0 saturated carbocycles. The van der Waals surface area contributed by atoms with Crippen molar-refractivity contribution in [2.45, 2.75) is 72.7 Å². The molecule has 0 aromatic rings. The Hall–Kier alpha value is -0.196. The first-order chi connectivity index (χ1) is 8.47. The van der Waals surface area contributed by atoms with Crippen LogP contribution in [0.5, 0.6) is 0 Å². The molecule has 0 aromatic heterocycles. The summed E-state index contributed by atoms with van der Waals surface area (Å²) in [6.45, 7) is 13.0. The molecule has 6 heteroatoms. The molecule has 0 bridgehead atoms. The van der Waals surface area contributed by atoms with Crippen LogP contribution in [-0.4, -0.2) is 24.3 Å². The number of hydrogen-bond donors (Lipinski definition) is 0. The Kier molecular flexibility index (Phi) is 43.5. The van der Waals surface area contributed by atoms with Gasteiger partial charge in [-0.25, -0.2) is 0 Å². The molecule has 0 aliphatic carbocycles. The molecule has 0 aromatic carbocycles. The van der Waals surface area contributed by atoms with E-state index in [0.29, 0.717) is 6.42 Å². The zero-order chi connectivity index (χ0) is 16.4. The molecule has 20 heavy (non-hydrogen) atoms. The van der Waals surface area contributed by atoms with Crippen LogP contribution in [0.3, 0.4) is 0 Å². The summed E-state index contributed by atoms with van der Waals surface area (Å²) in [4.78, 5) is 9.60. The molecule has 0 atom stereocenters. The molecule has 0 unspecified atom stereocenters. The van der Waals surface area contributed by atoms with Gasteiger partial charge < -0.3 is 25.2 Å². The minimum absolute atomic E-state index is 0. The van der Waals surface area contributed by atoms with E-state index in [1.807, 2.05) is 0 Å². The third kappa shape index (κ3) is 347. The monoisotopic (exact) mass is 324 g/mol. The van der Waals surface area contributed by atoms with Crippen LogP contribution in [0, 0.1) is 0 Å². The van der Waals surface area contributed by atoms with Crippen molar-refractivity contribution in [3.05, 3.63) is 12.7 Å². The van der Waals surface area contributed by atoms with Gasteiger partial charge in [-0.15, -0.1) is 24.9 Å². The first-order valence-corrected chi connectivity index (χ1v) is 6.25. The molecule has 0 fully saturated rings. The van der Waals surface area contributed by atoms with Gasteiger partial charge in [0.1, 0.15) is 0 Å². The summed E-state index contributed by atoms with van der Waals surface area (Å²) in [5.41, 5.74) is 0. The average molecular weight is 324 g/mol.